The van der Waals surface area contributed by atoms with Gasteiger partial charge in [-0.25, -0.2) is 0 Å². The fraction of sp³-hybridized carbons (Fsp3) is 0.923. The molecule has 1 N–H and O–H groups in total. The molecule has 0 unspecified atom stereocenters. The number of carbonyl (C=O) groups excluding carboxylic acids is 1. The van der Waals surface area contributed by atoms with Crippen molar-refractivity contribution in [2.45, 2.75) is 41.0 Å². The van der Waals surface area contributed by atoms with Crippen LogP contribution in [0.2, 0.25) is 0 Å². The summed E-state index contributed by atoms with van der Waals surface area (Å²) >= 11 is 0. The first kappa shape index (κ1) is 21.7. The van der Waals surface area contributed by atoms with Crippen LogP contribution in [0.25, 0.3) is 0 Å². The summed E-state index contributed by atoms with van der Waals surface area (Å²) in [6, 6.07) is 0. The van der Waals surface area contributed by atoms with E-state index in [0.29, 0.717) is 5.92 Å². The molecular weight excluding hydrogens is 218 g/mol. The lowest BCUT2D eigenvalue weighted by molar-refractivity contribution is -0.119. The predicted molar refractivity (Wildman–Crippen MR) is 75.4 cm³/mol. The van der Waals surface area contributed by atoms with Gasteiger partial charge in [0, 0.05) is 42.3 Å². The van der Waals surface area contributed by atoms with Crippen LogP contribution >= 0.6 is 0 Å². The first-order valence-electron chi connectivity index (χ1n) is 6.26. The number of methoxy groups -OCH3 is 2. The molecule has 17 heavy (non-hydrogen) atoms. The van der Waals surface area contributed by atoms with Crippen LogP contribution in [0.1, 0.15) is 42.5 Å². The van der Waals surface area contributed by atoms with Crippen molar-refractivity contribution in [3.63, 3.8) is 0 Å². The molecule has 1 amide bonds. The van der Waals surface area contributed by atoms with Crippen LogP contribution in [0, 0.1) is 5.92 Å². The maximum Gasteiger partial charge on any atom is 0.216 e. The van der Waals surface area contributed by atoms with Crippen molar-refractivity contribution in [2.75, 3.05) is 34.0 Å². The van der Waals surface area contributed by atoms with Gasteiger partial charge in [-0.05, 0) is 12.3 Å². The van der Waals surface area contributed by atoms with E-state index < -0.39 is 0 Å². The molecule has 4 heteroatoms. The minimum atomic E-state index is 0. The third kappa shape index (κ3) is 39.2. The van der Waals surface area contributed by atoms with E-state index in [1.807, 2.05) is 13.8 Å². The van der Waals surface area contributed by atoms with Crippen LogP contribution in [0.3, 0.4) is 0 Å². The van der Waals surface area contributed by atoms with Crippen LogP contribution in [0.15, 0.2) is 0 Å². The molecule has 0 saturated heterocycles. The summed E-state index contributed by atoms with van der Waals surface area (Å²) in [4.78, 5) is 10.2. The molecule has 0 aromatic carbocycles. The minimum Gasteiger partial charge on any atom is -0.385 e. The van der Waals surface area contributed by atoms with Gasteiger partial charge in [-0.2, -0.15) is 0 Å². The van der Waals surface area contributed by atoms with Crippen LogP contribution < -0.4 is 5.32 Å². The lowest BCUT2D eigenvalue weighted by atomic mass is 10.2. The summed E-state index contributed by atoms with van der Waals surface area (Å²) in [6.07, 6.45) is 0.993. The van der Waals surface area contributed by atoms with Crippen LogP contribution in [0.4, 0.5) is 0 Å². The fourth-order valence-electron chi connectivity index (χ4n) is 0.695. The molecule has 0 radical (unpaired) electrons. The monoisotopic (exact) mass is 251 g/mol. The third-order valence-corrected chi connectivity index (χ3v) is 1.46. The van der Waals surface area contributed by atoms with Crippen LogP contribution in [-0.4, -0.2) is 39.9 Å². The van der Waals surface area contributed by atoms with E-state index >= 15 is 0 Å². The van der Waals surface area contributed by atoms with E-state index in [9.17, 15) is 4.79 Å². The van der Waals surface area contributed by atoms with Gasteiger partial charge >= 0.3 is 0 Å². The lowest BCUT2D eigenvalue weighted by Crippen LogP contribution is -2.24. The predicted octanol–water partition coefficient (Wildman–Crippen LogP) is 2.72. The van der Waals surface area contributed by atoms with Crippen LogP contribution in [0.5, 0.6) is 0 Å². The lowest BCUT2D eigenvalue weighted by Gasteiger charge is -2.02. The van der Waals surface area contributed by atoms with Gasteiger partial charge in [-0.15, -0.1) is 0 Å². The van der Waals surface area contributed by atoms with Crippen molar-refractivity contribution in [1.29, 1.82) is 0 Å². The molecule has 0 aliphatic carbocycles. The average Bonchev–Trinajstić information content (AvgIpc) is 2.31. The van der Waals surface area contributed by atoms with E-state index in [-0.39, 0.29) is 7.33 Å². The van der Waals surface area contributed by atoms with Crippen molar-refractivity contribution in [1.82, 2.24) is 5.32 Å². The molecule has 0 aliphatic rings. The molecule has 4 nitrogen and oxygen atoms in total. The summed E-state index contributed by atoms with van der Waals surface area (Å²) in [6.45, 7) is 12.0. The van der Waals surface area contributed by atoms with Gasteiger partial charge in [0.1, 0.15) is 0 Å². The number of hydrogen-bond donors (Lipinski definition) is 1. The molecule has 0 saturated carbocycles. The first-order chi connectivity index (χ1) is 8.04. The van der Waals surface area contributed by atoms with E-state index in [1.54, 1.807) is 14.2 Å². The molecule has 0 bridgehead atoms. The number of amides is 1. The molecular formula is C13H33NO3. The second-order valence-electron chi connectivity index (χ2n) is 3.67. The zero-order chi connectivity index (χ0) is 14.1. The molecule has 0 rings (SSSR count). The average molecular weight is 251 g/mol. The normalized spacial score (nSPS) is 8.71. The Hall–Kier alpha value is -0.610. The molecule has 0 atom stereocenters. The Morgan fingerprint density at radius 1 is 1.18 bits per heavy atom. The van der Waals surface area contributed by atoms with E-state index in [4.69, 9.17) is 9.47 Å². The van der Waals surface area contributed by atoms with Gasteiger partial charge in [-0.1, -0.05) is 27.7 Å². The van der Waals surface area contributed by atoms with Gasteiger partial charge in [-0.3, -0.25) is 4.79 Å². The van der Waals surface area contributed by atoms with Crippen molar-refractivity contribution in [2.24, 2.45) is 5.92 Å². The van der Waals surface area contributed by atoms with Gasteiger partial charge in [0.25, 0.3) is 0 Å². The zero-order valence-electron chi connectivity index (χ0n) is 12.6. The SMILES string of the molecule is CC.CC(=O)NCC(C)C.COCCCOC.[HH]. The summed E-state index contributed by atoms with van der Waals surface area (Å²) in [7, 11) is 3.38. The fourth-order valence-corrected chi connectivity index (χ4v) is 0.695. The van der Waals surface area contributed by atoms with E-state index in [2.05, 4.69) is 19.2 Å². The summed E-state index contributed by atoms with van der Waals surface area (Å²) in [5, 5.41) is 2.71. The molecule has 0 heterocycles. The number of nitrogens with one attached hydrogen (secondary N) is 1. The quantitative estimate of drug-likeness (QED) is 0.738. The van der Waals surface area contributed by atoms with E-state index in [1.165, 1.54) is 6.92 Å². The highest BCUT2D eigenvalue weighted by atomic mass is 16.5. The second kappa shape index (κ2) is 20.8. The number of carbonyl (C=O) groups is 1. The Balaban J connectivity index is -0.0000000916. The smallest absolute Gasteiger partial charge is 0.216 e. The first-order valence-corrected chi connectivity index (χ1v) is 6.26. The summed E-state index contributed by atoms with van der Waals surface area (Å²) < 4.78 is 9.53. The summed E-state index contributed by atoms with van der Waals surface area (Å²) in [5.41, 5.74) is 0. The highest BCUT2D eigenvalue weighted by molar-refractivity contribution is 5.72. The summed E-state index contributed by atoms with van der Waals surface area (Å²) in [5.74, 6) is 0.609. The molecule has 0 spiro atoms. The topological polar surface area (TPSA) is 47.6 Å². The Kier molecular flexibility index (Phi) is 26.4. The van der Waals surface area contributed by atoms with Crippen molar-refractivity contribution >= 4 is 5.91 Å². The Bertz CT molecular complexity index is 140. The van der Waals surface area contributed by atoms with Crippen LogP contribution in [-0.2, 0) is 14.3 Å². The maximum atomic E-state index is 10.2. The van der Waals surface area contributed by atoms with Gasteiger partial charge in [0.15, 0.2) is 0 Å². The van der Waals surface area contributed by atoms with Crippen molar-refractivity contribution < 1.29 is 15.7 Å². The molecule has 0 aromatic rings. The highest BCUT2D eigenvalue weighted by Gasteiger charge is 1.92. The van der Waals surface area contributed by atoms with E-state index in [0.717, 1.165) is 26.2 Å². The van der Waals surface area contributed by atoms with Gasteiger partial charge < -0.3 is 14.8 Å². The Morgan fingerprint density at radius 2 is 1.59 bits per heavy atom. The standard InChI is InChI=1S/C6H13NO.C5H12O2.C2H6.H2/c1-5(2)4-7-6(3)8;1-6-4-3-5-7-2;1-2;/h5H,4H2,1-3H3,(H,7,8);3-5H2,1-2H3;1-2H3;1H. The zero-order valence-corrected chi connectivity index (χ0v) is 12.6. The minimum absolute atomic E-state index is 0. The van der Waals surface area contributed by atoms with Crippen molar-refractivity contribution in [3.8, 4) is 0 Å². The Labute approximate surface area is 109 Å². The second-order valence-corrected chi connectivity index (χ2v) is 3.67. The largest absolute Gasteiger partial charge is 0.385 e. The van der Waals surface area contributed by atoms with Gasteiger partial charge in [0.2, 0.25) is 5.91 Å². The van der Waals surface area contributed by atoms with Crippen molar-refractivity contribution in [3.05, 3.63) is 0 Å². The third-order valence-electron chi connectivity index (χ3n) is 1.46. The van der Waals surface area contributed by atoms with Gasteiger partial charge in [0.05, 0.1) is 0 Å². The maximum absolute atomic E-state index is 10.2. The Morgan fingerprint density at radius 3 is 1.76 bits per heavy atom. The molecule has 0 fully saturated rings. The molecule has 0 aliphatic heterocycles. The molecule has 0 aromatic heterocycles. The number of hydrogen-bond acceptors (Lipinski definition) is 3. The molecule has 108 valence electrons. The number of ether oxygens (including phenoxy) is 2. The highest BCUT2D eigenvalue weighted by Crippen LogP contribution is 1.85. The number of rotatable bonds is 6.